The average Bonchev–Trinajstić information content (AvgIpc) is 3.11. The third-order valence-electron chi connectivity index (χ3n) is 3.35. The number of anilines is 1. The van der Waals surface area contributed by atoms with Crippen LogP contribution in [0, 0.1) is 0 Å². The molecule has 20 heavy (non-hydrogen) atoms. The van der Waals surface area contributed by atoms with Crippen LogP contribution in [0.5, 0.6) is 0 Å². The average molecular weight is 264 g/mol. The van der Waals surface area contributed by atoms with Gasteiger partial charge < -0.3 is 14.7 Å². The summed E-state index contributed by atoms with van der Waals surface area (Å²) in [4.78, 5) is 0. The first-order valence-electron chi connectivity index (χ1n) is 6.47. The summed E-state index contributed by atoms with van der Waals surface area (Å²) in [5.74, 6) is 1.45. The number of nitrogens with zero attached hydrogens (tertiary/aromatic N) is 1. The van der Waals surface area contributed by atoms with Gasteiger partial charge in [0, 0.05) is 23.9 Å². The Kier molecular flexibility index (Phi) is 3.17. The van der Waals surface area contributed by atoms with E-state index in [1.807, 2.05) is 47.2 Å². The van der Waals surface area contributed by atoms with Crippen LogP contribution in [0.15, 0.2) is 72.0 Å². The number of benzene rings is 1. The molecule has 0 aliphatic heterocycles. The number of aromatic nitrogens is 1. The summed E-state index contributed by atoms with van der Waals surface area (Å²) in [5, 5.41) is 0. The summed E-state index contributed by atoms with van der Waals surface area (Å²) >= 11 is 0. The first-order chi connectivity index (χ1) is 9.75. The van der Waals surface area contributed by atoms with Crippen LogP contribution in [0.1, 0.15) is 16.9 Å². The van der Waals surface area contributed by atoms with Gasteiger partial charge in [0.05, 0.1) is 6.26 Å². The molecule has 0 radical (unpaired) electrons. The van der Waals surface area contributed by atoms with Gasteiger partial charge in [-0.2, -0.15) is 0 Å². The second-order valence-electron chi connectivity index (χ2n) is 4.68. The Morgan fingerprint density at radius 2 is 1.90 bits per heavy atom. The number of nitrogens with two attached hydrogens (primary N) is 1. The van der Waals surface area contributed by atoms with Gasteiger partial charge in [-0.05, 0) is 23.8 Å². The maximum atomic E-state index is 6.22. The minimum atomic E-state index is 0.704. The molecule has 0 saturated carbocycles. The minimum Gasteiger partial charge on any atom is -0.464 e. The molecule has 100 valence electrons. The molecule has 0 aliphatic carbocycles. The van der Waals surface area contributed by atoms with Gasteiger partial charge in [0.2, 0.25) is 0 Å². The summed E-state index contributed by atoms with van der Waals surface area (Å²) in [7, 11) is 0. The van der Waals surface area contributed by atoms with E-state index in [0.29, 0.717) is 5.82 Å². The summed E-state index contributed by atoms with van der Waals surface area (Å²) in [5.41, 5.74) is 9.15. The standard InChI is InChI=1S/C17H16N2O/c1-13(16-8-5-11-20-16)15-9-10-19(17(15)18)12-14-6-3-2-4-7-14/h2-11H,1,12,18H2. The monoisotopic (exact) mass is 264 g/mol. The molecular formula is C17H16N2O. The highest BCUT2D eigenvalue weighted by molar-refractivity contribution is 5.81. The summed E-state index contributed by atoms with van der Waals surface area (Å²) in [6.07, 6.45) is 3.61. The number of hydrogen-bond donors (Lipinski definition) is 1. The van der Waals surface area contributed by atoms with Crippen LogP contribution in [0.3, 0.4) is 0 Å². The summed E-state index contributed by atoms with van der Waals surface area (Å²) < 4.78 is 7.38. The lowest BCUT2D eigenvalue weighted by molar-refractivity contribution is 0.554. The van der Waals surface area contributed by atoms with Gasteiger partial charge in [0.1, 0.15) is 11.6 Å². The largest absolute Gasteiger partial charge is 0.464 e. The minimum absolute atomic E-state index is 0.704. The van der Waals surface area contributed by atoms with Crippen LogP contribution in [-0.4, -0.2) is 4.57 Å². The number of rotatable bonds is 4. The quantitative estimate of drug-likeness (QED) is 0.779. The Morgan fingerprint density at radius 3 is 2.60 bits per heavy atom. The lowest BCUT2D eigenvalue weighted by Crippen LogP contribution is -2.04. The zero-order valence-corrected chi connectivity index (χ0v) is 11.1. The maximum absolute atomic E-state index is 6.22. The molecule has 0 bridgehead atoms. The Balaban J connectivity index is 1.87. The van der Waals surface area contributed by atoms with Crippen LogP contribution in [0.4, 0.5) is 5.82 Å². The SMILES string of the molecule is C=C(c1ccco1)c1ccn(Cc2ccccc2)c1N. The third kappa shape index (κ3) is 2.26. The first-order valence-corrected chi connectivity index (χ1v) is 6.47. The highest BCUT2D eigenvalue weighted by atomic mass is 16.3. The van der Waals surface area contributed by atoms with E-state index in [-0.39, 0.29) is 0 Å². The van der Waals surface area contributed by atoms with Gasteiger partial charge in [-0.3, -0.25) is 0 Å². The van der Waals surface area contributed by atoms with Crippen LogP contribution >= 0.6 is 0 Å². The Hall–Kier alpha value is -2.68. The second kappa shape index (κ2) is 5.13. The number of hydrogen-bond acceptors (Lipinski definition) is 2. The molecule has 2 aromatic heterocycles. The fraction of sp³-hybridized carbons (Fsp3) is 0.0588. The van der Waals surface area contributed by atoms with Crippen LogP contribution in [-0.2, 0) is 6.54 Å². The van der Waals surface area contributed by atoms with Crippen LogP contribution in [0.2, 0.25) is 0 Å². The molecule has 3 aromatic rings. The van der Waals surface area contributed by atoms with Crippen molar-refractivity contribution in [3.63, 3.8) is 0 Å². The molecule has 3 nitrogen and oxygen atoms in total. The molecule has 3 heteroatoms. The predicted molar refractivity (Wildman–Crippen MR) is 81.2 cm³/mol. The lowest BCUT2D eigenvalue weighted by atomic mass is 10.1. The van der Waals surface area contributed by atoms with E-state index in [0.717, 1.165) is 23.4 Å². The molecule has 3 rings (SSSR count). The van der Waals surface area contributed by atoms with E-state index in [9.17, 15) is 0 Å². The van der Waals surface area contributed by atoms with E-state index < -0.39 is 0 Å². The highest BCUT2D eigenvalue weighted by Crippen LogP contribution is 2.28. The van der Waals surface area contributed by atoms with Crippen LogP contribution in [0.25, 0.3) is 5.57 Å². The summed E-state index contributed by atoms with van der Waals surface area (Å²) in [6, 6.07) is 15.9. The fourth-order valence-corrected chi connectivity index (χ4v) is 2.24. The van der Waals surface area contributed by atoms with E-state index in [1.165, 1.54) is 5.56 Å². The highest BCUT2D eigenvalue weighted by Gasteiger charge is 2.12. The van der Waals surface area contributed by atoms with Crippen molar-refractivity contribution in [2.75, 3.05) is 5.73 Å². The molecule has 0 atom stereocenters. The van der Waals surface area contributed by atoms with Crippen molar-refractivity contribution < 1.29 is 4.42 Å². The molecule has 0 spiro atoms. The van der Waals surface area contributed by atoms with Crippen LogP contribution < -0.4 is 5.73 Å². The van der Waals surface area contributed by atoms with Gasteiger partial charge in [-0.25, -0.2) is 0 Å². The van der Waals surface area contributed by atoms with Gasteiger partial charge >= 0.3 is 0 Å². The van der Waals surface area contributed by atoms with Gasteiger partial charge in [-0.15, -0.1) is 0 Å². The van der Waals surface area contributed by atoms with E-state index in [1.54, 1.807) is 6.26 Å². The zero-order valence-electron chi connectivity index (χ0n) is 11.1. The first kappa shape index (κ1) is 12.4. The van der Waals surface area contributed by atoms with Gasteiger partial charge in [0.25, 0.3) is 0 Å². The van der Waals surface area contributed by atoms with Crippen molar-refractivity contribution >= 4 is 11.4 Å². The van der Waals surface area contributed by atoms with Gasteiger partial charge in [-0.1, -0.05) is 36.9 Å². The smallest absolute Gasteiger partial charge is 0.133 e. The molecule has 2 N–H and O–H groups in total. The predicted octanol–water partition coefficient (Wildman–Crippen LogP) is 3.77. The maximum Gasteiger partial charge on any atom is 0.133 e. The number of nitrogen functional groups attached to an aromatic ring is 1. The Labute approximate surface area is 118 Å². The van der Waals surface area contributed by atoms with E-state index >= 15 is 0 Å². The van der Waals surface area contributed by atoms with Crippen molar-refractivity contribution in [1.82, 2.24) is 4.57 Å². The molecule has 0 saturated heterocycles. The number of furan rings is 1. The fourth-order valence-electron chi connectivity index (χ4n) is 2.24. The van der Waals surface area contributed by atoms with Crippen molar-refractivity contribution in [3.05, 3.63) is 84.5 Å². The zero-order chi connectivity index (χ0) is 13.9. The van der Waals surface area contributed by atoms with Crippen molar-refractivity contribution in [2.45, 2.75) is 6.54 Å². The molecule has 0 fully saturated rings. The van der Waals surface area contributed by atoms with Crippen molar-refractivity contribution in [3.8, 4) is 0 Å². The molecule has 0 aliphatic rings. The molecule has 0 amide bonds. The molecule has 2 heterocycles. The van der Waals surface area contributed by atoms with Crippen molar-refractivity contribution in [2.24, 2.45) is 0 Å². The Morgan fingerprint density at radius 1 is 1.10 bits per heavy atom. The Bertz CT molecular complexity index is 709. The normalized spacial score (nSPS) is 10.6. The lowest BCUT2D eigenvalue weighted by Gasteiger charge is -2.08. The molecule has 0 unspecified atom stereocenters. The molecule has 1 aromatic carbocycles. The van der Waals surface area contributed by atoms with E-state index in [2.05, 4.69) is 18.7 Å². The summed E-state index contributed by atoms with van der Waals surface area (Å²) in [6.45, 7) is 4.81. The molecular weight excluding hydrogens is 248 g/mol. The topological polar surface area (TPSA) is 44.1 Å². The second-order valence-corrected chi connectivity index (χ2v) is 4.68. The third-order valence-corrected chi connectivity index (χ3v) is 3.35. The van der Waals surface area contributed by atoms with Crippen molar-refractivity contribution in [1.29, 1.82) is 0 Å². The van der Waals surface area contributed by atoms with Gasteiger partial charge in [0.15, 0.2) is 0 Å². The van der Waals surface area contributed by atoms with E-state index in [4.69, 9.17) is 10.2 Å².